The van der Waals surface area contributed by atoms with Crippen molar-refractivity contribution in [1.29, 1.82) is 0 Å². The van der Waals surface area contributed by atoms with Crippen molar-refractivity contribution in [2.75, 3.05) is 0 Å². The first kappa shape index (κ1) is 24.8. The quantitative estimate of drug-likeness (QED) is 0.335. The van der Waals surface area contributed by atoms with E-state index in [0.29, 0.717) is 29.6 Å². The van der Waals surface area contributed by atoms with Crippen LogP contribution in [0.15, 0.2) is 59.4 Å². The van der Waals surface area contributed by atoms with Crippen molar-refractivity contribution in [3.05, 3.63) is 59.4 Å². The molecule has 0 unspecified atom stereocenters. The Balaban J connectivity index is 1.75. The lowest BCUT2D eigenvalue weighted by molar-refractivity contribution is -0.138. The predicted molar refractivity (Wildman–Crippen MR) is 135 cm³/mol. The van der Waals surface area contributed by atoms with Gasteiger partial charge in [-0.25, -0.2) is 4.79 Å². The minimum Gasteiger partial charge on any atom is -0.481 e. The van der Waals surface area contributed by atoms with Gasteiger partial charge in [-0.15, -0.1) is 0 Å². The lowest BCUT2D eigenvalue weighted by Gasteiger charge is -2.52. The molecule has 1 heterocycles. The number of carboxylic acid groups (broad SMARTS) is 1. The first-order chi connectivity index (χ1) is 15.9. The minimum absolute atomic E-state index is 0.0435. The van der Waals surface area contributed by atoms with E-state index < -0.39 is 5.97 Å². The lowest BCUT2D eigenvalue weighted by Crippen LogP contribution is -2.45. The van der Waals surface area contributed by atoms with E-state index in [1.54, 1.807) is 6.92 Å². The third-order valence-corrected chi connectivity index (χ3v) is 10.1. The molecule has 2 fully saturated rings. The van der Waals surface area contributed by atoms with Crippen molar-refractivity contribution in [1.82, 2.24) is 0 Å². The monoisotopic (exact) mass is 464 g/mol. The van der Waals surface area contributed by atoms with Gasteiger partial charge in [-0.3, -0.25) is 4.79 Å². The molecule has 4 heteroatoms. The SMILES string of the molecule is C=C(C)[C@@H]1CC=C2[C@H](CC[C@]23C(=C)CC[C@@]3(C)[C@H](C)/C=C2/C=C(C)C(=O)O2)[C@@]1(C)CCC(=O)O. The van der Waals surface area contributed by atoms with Crippen LogP contribution in [0.5, 0.6) is 0 Å². The summed E-state index contributed by atoms with van der Waals surface area (Å²) in [5.74, 6) is 0.496. The molecule has 2 saturated carbocycles. The number of hydrogen-bond donors (Lipinski definition) is 1. The zero-order valence-electron chi connectivity index (χ0n) is 21.5. The molecule has 1 aliphatic heterocycles. The van der Waals surface area contributed by atoms with E-state index in [4.69, 9.17) is 4.74 Å². The van der Waals surface area contributed by atoms with Gasteiger partial charge < -0.3 is 9.84 Å². The Bertz CT molecular complexity index is 1040. The maximum Gasteiger partial charge on any atom is 0.339 e. The number of hydrogen-bond acceptors (Lipinski definition) is 3. The summed E-state index contributed by atoms with van der Waals surface area (Å²) in [5, 5.41) is 9.50. The Labute approximate surface area is 204 Å². The average molecular weight is 465 g/mol. The number of rotatable bonds is 6. The molecule has 1 spiro atoms. The zero-order chi connectivity index (χ0) is 25.1. The Kier molecular flexibility index (Phi) is 6.11. The van der Waals surface area contributed by atoms with Crippen LogP contribution in [0.25, 0.3) is 0 Å². The molecule has 34 heavy (non-hydrogen) atoms. The average Bonchev–Trinajstić information content (AvgIpc) is 3.39. The van der Waals surface area contributed by atoms with Crippen molar-refractivity contribution in [3.8, 4) is 0 Å². The number of carbonyl (C=O) groups is 2. The van der Waals surface area contributed by atoms with E-state index in [1.807, 2.05) is 6.08 Å². The van der Waals surface area contributed by atoms with Crippen LogP contribution in [0.1, 0.15) is 79.6 Å². The highest BCUT2D eigenvalue weighted by Crippen LogP contribution is 2.73. The maximum absolute atomic E-state index is 11.9. The van der Waals surface area contributed by atoms with Gasteiger partial charge in [0.15, 0.2) is 0 Å². The van der Waals surface area contributed by atoms with Crippen molar-refractivity contribution in [2.24, 2.45) is 34.0 Å². The van der Waals surface area contributed by atoms with E-state index in [-0.39, 0.29) is 34.6 Å². The molecule has 1 N–H and O–H groups in total. The molecule has 6 atom stereocenters. The molecule has 0 radical (unpaired) electrons. The largest absolute Gasteiger partial charge is 0.481 e. The molecular weight excluding hydrogens is 424 g/mol. The molecule has 0 aromatic carbocycles. The summed E-state index contributed by atoms with van der Waals surface area (Å²) >= 11 is 0. The van der Waals surface area contributed by atoms with Crippen LogP contribution in [0.2, 0.25) is 0 Å². The number of esters is 1. The summed E-state index contributed by atoms with van der Waals surface area (Å²) in [4.78, 5) is 23.5. The molecule has 0 amide bonds. The number of fused-ring (bicyclic) bond motifs is 2. The molecule has 4 aliphatic rings. The van der Waals surface area contributed by atoms with Crippen molar-refractivity contribution in [3.63, 3.8) is 0 Å². The molecule has 0 bridgehead atoms. The Morgan fingerprint density at radius 2 is 2.06 bits per heavy atom. The van der Waals surface area contributed by atoms with Gasteiger partial charge in [-0.1, -0.05) is 56.7 Å². The Morgan fingerprint density at radius 3 is 2.65 bits per heavy atom. The molecule has 3 aliphatic carbocycles. The number of allylic oxidation sites excluding steroid dienone is 6. The van der Waals surface area contributed by atoms with Gasteiger partial charge in [-0.2, -0.15) is 0 Å². The molecule has 184 valence electrons. The van der Waals surface area contributed by atoms with E-state index in [0.717, 1.165) is 37.7 Å². The smallest absolute Gasteiger partial charge is 0.339 e. The summed E-state index contributed by atoms with van der Waals surface area (Å²) in [7, 11) is 0. The van der Waals surface area contributed by atoms with Crippen LogP contribution < -0.4 is 0 Å². The fraction of sp³-hybridized carbons (Fsp3) is 0.600. The van der Waals surface area contributed by atoms with Gasteiger partial charge in [0.25, 0.3) is 0 Å². The van der Waals surface area contributed by atoms with Crippen molar-refractivity contribution >= 4 is 11.9 Å². The van der Waals surface area contributed by atoms with Gasteiger partial charge >= 0.3 is 11.9 Å². The molecule has 0 aromatic rings. The van der Waals surface area contributed by atoms with Gasteiger partial charge in [0.1, 0.15) is 5.76 Å². The van der Waals surface area contributed by atoms with Gasteiger partial charge in [-0.05, 0) is 93.1 Å². The standard InChI is InChI=1S/C30H40O4/c1-18(2)23-8-9-25-24(28(23,6)13-12-26(31)32)11-15-30(25)20(4)10-14-29(30,7)21(5)17-22-16-19(3)27(33)34-22/h9,16-17,21,23-24H,1,4,8,10-15H2,2-3,5-7H3,(H,31,32)/b22-17-/t21-,23+,24+,28+,29+,30+/m1/s1. The van der Waals surface area contributed by atoms with Gasteiger partial charge in [0.2, 0.25) is 0 Å². The Hall–Kier alpha value is -2.36. The number of aliphatic carboxylic acids is 1. The second kappa shape index (κ2) is 8.39. The number of cyclic esters (lactones) is 1. The number of carbonyl (C=O) groups excluding carboxylic acids is 1. The van der Waals surface area contributed by atoms with Crippen LogP contribution in [0.4, 0.5) is 0 Å². The summed E-state index contributed by atoms with van der Waals surface area (Å²) in [5.41, 5.74) is 4.34. The second-order valence-corrected chi connectivity index (χ2v) is 11.8. The lowest BCUT2D eigenvalue weighted by atomic mass is 9.51. The molecule has 4 rings (SSSR count). The van der Waals surface area contributed by atoms with Crippen molar-refractivity contribution in [2.45, 2.75) is 79.6 Å². The summed E-state index contributed by atoms with van der Waals surface area (Å²) < 4.78 is 5.49. The molecule has 4 nitrogen and oxygen atoms in total. The first-order valence-electron chi connectivity index (χ1n) is 12.7. The zero-order valence-corrected chi connectivity index (χ0v) is 21.5. The molecular formula is C30H40O4. The molecule has 0 aromatic heterocycles. The summed E-state index contributed by atoms with van der Waals surface area (Å²) in [6.07, 6.45) is 12.4. The van der Waals surface area contributed by atoms with E-state index in [9.17, 15) is 14.7 Å². The van der Waals surface area contributed by atoms with E-state index >= 15 is 0 Å². The number of carboxylic acids is 1. The van der Waals surface area contributed by atoms with Crippen LogP contribution in [-0.2, 0) is 14.3 Å². The van der Waals surface area contributed by atoms with Crippen molar-refractivity contribution < 1.29 is 19.4 Å². The summed E-state index contributed by atoms with van der Waals surface area (Å²) in [6.45, 7) is 19.7. The minimum atomic E-state index is -0.727. The topological polar surface area (TPSA) is 63.6 Å². The maximum atomic E-state index is 11.9. The van der Waals surface area contributed by atoms with E-state index in [1.165, 1.54) is 11.1 Å². The third-order valence-electron chi connectivity index (χ3n) is 10.1. The van der Waals surface area contributed by atoms with Gasteiger partial charge in [0, 0.05) is 17.4 Å². The van der Waals surface area contributed by atoms with Crippen LogP contribution in [-0.4, -0.2) is 17.0 Å². The Morgan fingerprint density at radius 1 is 1.35 bits per heavy atom. The number of ether oxygens (including phenoxy) is 1. The highest BCUT2D eigenvalue weighted by atomic mass is 16.5. The first-order valence-corrected chi connectivity index (χ1v) is 12.7. The third kappa shape index (κ3) is 3.48. The predicted octanol–water partition coefficient (Wildman–Crippen LogP) is 7.16. The highest BCUT2D eigenvalue weighted by molar-refractivity contribution is 5.92. The van der Waals surface area contributed by atoms with Gasteiger partial charge in [0.05, 0.1) is 0 Å². The van der Waals surface area contributed by atoms with Crippen LogP contribution >= 0.6 is 0 Å². The summed E-state index contributed by atoms with van der Waals surface area (Å²) in [6, 6.07) is 0. The second-order valence-electron chi connectivity index (χ2n) is 11.8. The van der Waals surface area contributed by atoms with Crippen LogP contribution in [0.3, 0.4) is 0 Å². The van der Waals surface area contributed by atoms with Crippen LogP contribution in [0, 0.1) is 34.0 Å². The van der Waals surface area contributed by atoms with E-state index in [2.05, 4.69) is 53.0 Å². The normalized spacial score (nSPS) is 39.1. The fourth-order valence-corrected chi connectivity index (χ4v) is 8.06. The fourth-order valence-electron chi connectivity index (χ4n) is 8.06. The highest BCUT2D eigenvalue weighted by Gasteiger charge is 2.64. The molecule has 0 saturated heterocycles.